The van der Waals surface area contributed by atoms with Crippen LogP contribution in [0.2, 0.25) is 52.4 Å². The summed E-state index contributed by atoms with van der Waals surface area (Å²) in [5, 5.41) is 0. The Kier molecular flexibility index (Phi) is 5.85. The molecular formula is C16H36O8Si5. The summed E-state index contributed by atoms with van der Waals surface area (Å²) in [6, 6.07) is 0. The van der Waals surface area contributed by atoms with Crippen LogP contribution in [0.5, 0.6) is 0 Å². The third-order valence-corrected chi connectivity index (χ3v) is 25.9. The summed E-state index contributed by atoms with van der Waals surface area (Å²) >= 11 is 0. The maximum Gasteiger partial charge on any atom is 0.637 e. The zero-order valence-electron chi connectivity index (χ0n) is 18.9. The average Bonchev–Trinajstić information content (AvgIpc) is 3.44. The Morgan fingerprint density at radius 1 is 0.448 bits per heavy atom. The summed E-state index contributed by atoms with van der Waals surface area (Å²) in [5.74, 6) is 0. The number of hydrogen-bond donors (Lipinski definition) is 0. The molecule has 4 heterocycles. The van der Waals surface area contributed by atoms with Gasteiger partial charge < -0.3 is 35.4 Å². The highest BCUT2D eigenvalue weighted by Crippen LogP contribution is 2.39. The maximum atomic E-state index is 6.91. The summed E-state index contributed by atoms with van der Waals surface area (Å²) in [6.45, 7) is 20.4. The number of epoxide rings is 4. The van der Waals surface area contributed by atoms with Gasteiger partial charge in [-0.25, -0.2) is 0 Å². The second-order valence-corrected chi connectivity index (χ2v) is 30.3. The van der Waals surface area contributed by atoms with Gasteiger partial charge in [0.15, 0.2) is 0 Å². The number of ether oxygens (including phenoxy) is 4. The van der Waals surface area contributed by atoms with E-state index < -0.39 is 42.3 Å². The van der Waals surface area contributed by atoms with Gasteiger partial charge in [-0.2, -0.15) is 0 Å². The summed E-state index contributed by atoms with van der Waals surface area (Å²) in [4.78, 5) is 0. The first kappa shape index (κ1) is 22.9. The van der Waals surface area contributed by atoms with E-state index in [0.29, 0.717) is 0 Å². The lowest BCUT2D eigenvalue weighted by atomic mass is 11.0. The minimum atomic E-state index is -3.50. The molecule has 13 heteroatoms. The van der Waals surface area contributed by atoms with Crippen LogP contribution in [0.4, 0.5) is 0 Å². The van der Waals surface area contributed by atoms with E-state index in [9.17, 15) is 0 Å². The SMILES string of the molecule is C[Si](C)(O[Si](O[Si](C)(C)C1CO1)(O[Si](C)(C)C1CO1)O[Si](C)(C)C1CO1)C1CO1. The molecule has 0 aromatic heterocycles. The monoisotopic (exact) mass is 496 g/mol. The van der Waals surface area contributed by atoms with Gasteiger partial charge in [-0.3, -0.25) is 0 Å². The first-order chi connectivity index (χ1) is 13.2. The molecule has 4 aliphatic heterocycles. The summed E-state index contributed by atoms with van der Waals surface area (Å²) in [7, 11) is -12.5. The molecule has 0 amide bonds. The molecule has 0 aromatic carbocycles. The average molecular weight is 497 g/mol. The Morgan fingerprint density at radius 3 is 0.759 bits per heavy atom. The third kappa shape index (κ3) is 5.58. The Morgan fingerprint density at radius 2 is 0.621 bits per heavy atom. The van der Waals surface area contributed by atoms with E-state index in [4.69, 9.17) is 35.4 Å². The molecule has 168 valence electrons. The van der Waals surface area contributed by atoms with Crippen molar-refractivity contribution in [3.05, 3.63) is 0 Å². The minimum absolute atomic E-state index is 0.163. The van der Waals surface area contributed by atoms with Gasteiger partial charge in [0.1, 0.15) is 0 Å². The van der Waals surface area contributed by atoms with Crippen molar-refractivity contribution in [3.8, 4) is 0 Å². The second kappa shape index (κ2) is 7.39. The fourth-order valence-electron chi connectivity index (χ4n) is 3.47. The van der Waals surface area contributed by atoms with Crippen molar-refractivity contribution < 1.29 is 35.4 Å². The molecular weight excluding hydrogens is 461 g/mol. The molecule has 0 aliphatic carbocycles. The van der Waals surface area contributed by atoms with Gasteiger partial charge in [-0.05, 0) is 52.4 Å². The van der Waals surface area contributed by atoms with E-state index in [0.717, 1.165) is 26.4 Å². The zero-order valence-corrected chi connectivity index (χ0v) is 23.9. The highest BCUT2D eigenvalue weighted by Gasteiger charge is 2.66. The van der Waals surface area contributed by atoms with Gasteiger partial charge in [0.2, 0.25) is 33.3 Å². The fraction of sp³-hybridized carbons (Fsp3) is 1.00. The normalized spacial score (nSPS) is 33.9. The van der Waals surface area contributed by atoms with Crippen molar-refractivity contribution in [2.24, 2.45) is 0 Å². The molecule has 0 aromatic rings. The van der Waals surface area contributed by atoms with E-state index >= 15 is 0 Å². The Balaban J connectivity index is 1.67. The zero-order chi connectivity index (χ0) is 21.3. The second-order valence-electron chi connectivity index (χ2n) is 10.6. The van der Waals surface area contributed by atoms with Crippen LogP contribution in [0.3, 0.4) is 0 Å². The number of hydrogen-bond acceptors (Lipinski definition) is 8. The molecule has 0 radical (unpaired) electrons. The minimum Gasteiger partial charge on any atom is -0.393 e. The first-order valence-corrected chi connectivity index (χ1v) is 24.1. The van der Waals surface area contributed by atoms with Gasteiger partial charge in [-0.15, -0.1) is 0 Å². The van der Waals surface area contributed by atoms with Gasteiger partial charge in [0.25, 0.3) is 0 Å². The molecule has 4 atom stereocenters. The molecule has 0 spiro atoms. The van der Waals surface area contributed by atoms with E-state index in [1.54, 1.807) is 0 Å². The van der Waals surface area contributed by atoms with E-state index in [2.05, 4.69) is 52.4 Å². The van der Waals surface area contributed by atoms with Crippen LogP contribution in [0, 0.1) is 0 Å². The molecule has 0 bridgehead atoms. The lowest BCUT2D eigenvalue weighted by Gasteiger charge is -2.45. The summed E-state index contributed by atoms with van der Waals surface area (Å²) in [6.07, 6.45) is 0. The van der Waals surface area contributed by atoms with Crippen molar-refractivity contribution >= 4 is 42.3 Å². The van der Waals surface area contributed by atoms with Crippen LogP contribution >= 0.6 is 0 Å². The smallest absolute Gasteiger partial charge is 0.393 e. The van der Waals surface area contributed by atoms with E-state index in [1.807, 2.05) is 0 Å². The maximum absolute atomic E-state index is 6.91. The molecule has 29 heavy (non-hydrogen) atoms. The predicted molar refractivity (Wildman–Crippen MR) is 119 cm³/mol. The van der Waals surface area contributed by atoms with Crippen LogP contribution in [0.1, 0.15) is 0 Å². The molecule has 4 aliphatic rings. The molecule has 4 rings (SSSR count). The molecule has 4 fully saturated rings. The van der Waals surface area contributed by atoms with Crippen molar-refractivity contribution in [1.29, 1.82) is 0 Å². The van der Waals surface area contributed by atoms with E-state index in [-0.39, 0.29) is 22.9 Å². The van der Waals surface area contributed by atoms with Gasteiger partial charge >= 0.3 is 9.05 Å². The predicted octanol–water partition coefficient (Wildman–Crippen LogP) is 2.06. The van der Waals surface area contributed by atoms with E-state index in [1.165, 1.54) is 0 Å². The van der Waals surface area contributed by atoms with Crippen molar-refractivity contribution in [2.45, 2.75) is 75.3 Å². The summed E-state index contributed by atoms with van der Waals surface area (Å²) in [5.41, 5.74) is 0.652. The van der Waals surface area contributed by atoms with Crippen molar-refractivity contribution in [1.82, 2.24) is 0 Å². The summed E-state index contributed by atoms with van der Waals surface area (Å²) < 4.78 is 50.2. The molecule has 8 nitrogen and oxygen atoms in total. The quantitative estimate of drug-likeness (QED) is 0.300. The van der Waals surface area contributed by atoms with Gasteiger partial charge in [-0.1, -0.05) is 0 Å². The van der Waals surface area contributed by atoms with Crippen molar-refractivity contribution in [3.63, 3.8) is 0 Å². The number of rotatable bonds is 12. The van der Waals surface area contributed by atoms with Crippen LogP contribution in [-0.2, 0) is 35.4 Å². The van der Waals surface area contributed by atoms with Crippen LogP contribution in [0.15, 0.2) is 0 Å². The molecule has 0 N–H and O–H groups in total. The third-order valence-electron chi connectivity index (χ3n) is 5.99. The first-order valence-electron chi connectivity index (χ1n) is 10.5. The van der Waals surface area contributed by atoms with Gasteiger partial charge in [0.05, 0.1) is 49.3 Å². The standard InChI is InChI=1S/C16H36O8Si5/c1-25(2,13-9-17-13)21-29(22-26(3,4)14-10-18-14,23-27(5,6)15-11-19-15)24-28(7,8)16-12-20-16/h13-16H,9-12H2,1-8H3. The van der Waals surface area contributed by atoms with Crippen LogP contribution in [-0.4, -0.2) is 91.7 Å². The molecule has 4 saturated heterocycles. The highest BCUT2D eigenvalue weighted by molar-refractivity contribution is 6.93. The lowest BCUT2D eigenvalue weighted by Crippen LogP contribution is -2.69. The van der Waals surface area contributed by atoms with Crippen LogP contribution in [0.25, 0.3) is 0 Å². The Labute approximate surface area is 179 Å². The topological polar surface area (TPSA) is 87.0 Å². The fourth-order valence-corrected chi connectivity index (χ4v) is 22.7. The van der Waals surface area contributed by atoms with Gasteiger partial charge in [0, 0.05) is 0 Å². The Hall–Kier alpha value is 0.764. The highest BCUT2D eigenvalue weighted by atomic mass is 28.5. The lowest BCUT2D eigenvalue weighted by molar-refractivity contribution is 0.137. The molecule has 4 unspecified atom stereocenters. The molecule has 0 saturated carbocycles. The van der Waals surface area contributed by atoms with Crippen molar-refractivity contribution in [2.75, 3.05) is 26.4 Å². The van der Waals surface area contributed by atoms with Crippen LogP contribution < -0.4 is 0 Å². The Bertz CT molecular complexity index is 519. The largest absolute Gasteiger partial charge is 0.637 e.